The van der Waals surface area contributed by atoms with Crippen LogP contribution in [0.25, 0.3) is 0 Å². The first-order valence-corrected chi connectivity index (χ1v) is 7.36. The second-order valence-electron chi connectivity index (χ2n) is 6.12. The van der Waals surface area contributed by atoms with Crippen LogP contribution in [0.3, 0.4) is 0 Å². The molecule has 0 amide bonds. The van der Waals surface area contributed by atoms with Crippen LogP contribution < -0.4 is 0 Å². The summed E-state index contributed by atoms with van der Waals surface area (Å²) in [5.41, 5.74) is 2.48. The maximum Gasteiger partial charge on any atom is 0.0948 e. The van der Waals surface area contributed by atoms with Gasteiger partial charge in [-0.2, -0.15) is 0 Å². The lowest BCUT2D eigenvalue weighted by Crippen LogP contribution is -2.52. The number of aliphatic hydroxyl groups excluding tert-OH is 1. The van der Waals surface area contributed by atoms with Gasteiger partial charge in [-0.1, -0.05) is 31.2 Å². The molecule has 1 aromatic rings. The van der Waals surface area contributed by atoms with Gasteiger partial charge in [0.25, 0.3) is 0 Å². The average Bonchev–Trinajstić information content (AvgIpc) is 2.44. The molecule has 0 aromatic heterocycles. The maximum absolute atomic E-state index is 10.7. The fourth-order valence-electron chi connectivity index (χ4n) is 3.56. The normalized spacial score (nSPS) is 33.1. The van der Waals surface area contributed by atoms with E-state index in [2.05, 4.69) is 42.0 Å². The van der Waals surface area contributed by atoms with Crippen LogP contribution >= 0.6 is 0 Å². The van der Waals surface area contributed by atoms with Gasteiger partial charge >= 0.3 is 0 Å². The van der Waals surface area contributed by atoms with Crippen molar-refractivity contribution >= 4 is 0 Å². The maximum atomic E-state index is 10.7. The van der Waals surface area contributed by atoms with Gasteiger partial charge in [-0.05, 0) is 30.5 Å². The van der Waals surface area contributed by atoms with E-state index in [0.29, 0.717) is 12.0 Å². The zero-order valence-electron chi connectivity index (χ0n) is 11.9. The van der Waals surface area contributed by atoms with E-state index in [-0.39, 0.29) is 6.10 Å². The number of aliphatic hydroxyl groups is 1. The van der Waals surface area contributed by atoms with E-state index < -0.39 is 0 Å². The highest BCUT2D eigenvalue weighted by atomic mass is 16.3. The summed E-state index contributed by atoms with van der Waals surface area (Å²) >= 11 is 0. The van der Waals surface area contributed by atoms with Crippen molar-refractivity contribution in [3.8, 4) is 0 Å². The average molecular weight is 260 g/mol. The molecule has 1 saturated heterocycles. The van der Waals surface area contributed by atoms with Crippen LogP contribution in [-0.2, 0) is 0 Å². The summed E-state index contributed by atoms with van der Waals surface area (Å²) in [7, 11) is 2.17. The van der Waals surface area contributed by atoms with Gasteiger partial charge in [-0.25, -0.2) is 0 Å². The molecule has 0 bridgehead atoms. The Morgan fingerprint density at radius 2 is 1.68 bits per heavy atom. The van der Waals surface area contributed by atoms with Crippen LogP contribution in [0.15, 0.2) is 24.3 Å². The van der Waals surface area contributed by atoms with Crippen LogP contribution in [0.1, 0.15) is 36.5 Å². The number of rotatable bonds is 1. The fourth-order valence-corrected chi connectivity index (χ4v) is 3.56. The Bertz CT molecular complexity index is 440. The first-order valence-electron chi connectivity index (χ1n) is 7.36. The highest BCUT2D eigenvalue weighted by Gasteiger charge is 2.36. The number of hydrogen-bond donors (Lipinski definition) is 1. The molecule has 104 valence electrons. The van der Waals surface area contributed by atoms with Crippen molar-refractivity contribution in [3.05, 3.63) is 35.4 Å². The minimum atomic E-state index is -0.323. The Morgan fingerprint density at radius 3 is 2.37 bits per heavy atom. The molecule has 19 heavy (non-hydrogen) atoms. The molecular weight excluding hydrogens is 236 g/mol. The molecule has 3 atom stereocenters. The Morgan fingerprint density at radius 1 is 1.05 bits per heavy atom. The molecule has 1 aliphatic carbocycles. The Balaban J connectivity index is 1.82. The van der Waals surface area contributed by atoms with Gasteiger partial charge < -0.3 is 10.0 Å². The van der Waals surface area contributed by atoms with Crippen molar-refractivity contribution in [2.45, 2.75) is 31.4 Å². The molecule has 0 saturated carbocycles. The van der Waals surface area contributed by atoms with Crippen molar-refractivity contribution < 1.29 is 5.11 Å². The molecule has 3 nitrogen and oxygen atoms in total. The van der Waals surface area contributed by atoms with E-state index in [1.54, 1.807) is 0 Å². The second-order valence-corrected chi connectivity index (χ2v) is 6.12. The lowest BCUT2D eigenvalue weighted by Gasteiger charge is -2.44. The molecule has 1 heterocycles. The molecule has 1 aromatic carbocycles. The van der Waals surface area contributed by atoms with Crippen LogP contribution in [-0.4, -0.2) is 54.2 Å². The van der Waals surface area contributed by atoms with E-state index in [4.69, 9.17) is 0 Å². The van der Waals surface area contributed by atoms with E-state index >= 15 is 0 Å². The van der Waals surface area contributed by atoms with Crippen molar-refractivity contribution in [2.24, 2.45) is 0 Å². The number of nitrogens with zero attached hydrogens (tertiary/aromatic N) is 2. The molecular formula is C16H24N2O. The first kappa shape index (κ1) is 13.1. The number of benzene rings is 1. The van der Waals surface area contributed by atoms with Crippen LogP contribution in [0.4, 0.5) is 0 Å². The molecule has 1 aliphatic heterocycles. The summed E-state index contributed by atoms with van der Waals surface area (Å²) < 4.78 is 0. The van der Waals surface area contributed by atoms with Gasteiger partial charge in [0.2, 0.25) is 0 Å². The summed E-state index contributed by atoms with van der Waals surface area (Å²) in [5, 5.41) is 10.7. The highest BCUT2D eigenvalue weighted by molar-refractivity contribution is 5.35. The molecule has 0 spiro atoms. The second kappa shape index (κ2) is 5.23. The standard InChI is InChI=1S/C16H24N2O/c1-12-11-15(18-9-7-17(2)8-10-18)16(19)14-6-4-3-5-13(12)14/h3-6,12,15-16,19H,7-11H2,1-2H3. The zero-order chi connectivity index (χ0) is 13.4. The molecule has 2 aliphatic rings. The lowest BCUT2D eigenvalue weighted by atomic mass is 9.78. The molecule has 3 heteroatoms. The van der Waals surface area contributed by atoms with Crippen LogP contribution in [0.5, 0.6) is 0 Å². The Hall–Kier alpha value is -0.900. The molecule has 3 rings (SSSR count). The van der Waals surface area contributed by atoms with Gasteiger partial charge in [0, 0.05) is 32.2 Å². The summed E-state index contributed by atoms with van der Waals surface area (Å²) in [4.78, 5) is 4.85. The third kappa shape index (κ3) is 2.42. The molecule has 0 radical (unpaired) electrons. The molecule has 3 unspecified atom stereocenters. The lowest BCUT2D eigenvalue weighted by molar-refractivity contribution is 0.00875. The zero-order valence-corrected chi connectivity index (χ0v) is 11.9. The number of hydrogen-bond acceptors (Lipinski definition) is 3. The highest BCUT2D eigenvalue weighted by Crippen LogP contribution is 2.39. The quantitative estimate of drug-likeness (QED) is 0.834. The third-order valence-corrected chi connectivity index (χ3v) is 4.81. The van der Waals surface area contributed by atoms with Gasteiger partial charge in [-0.3, -0.25) is 4.90 Å². The minimum Gasteiger partial charge on any atom is -0.387 e. The summed E-state index contributed by atoms with van der Waals surface area (Å²) in [6.07, 6.45) is 0.748. The van der Waals surface area contributed by atoms with E-state index in [1.807, 2.05) is 6.07 Å². The van der Waals surface area contributed by atoms with E-state index in [0.717, 1.165) is 38.2 Å². The minimum absolute atomic E-state index is 0.290. The van der Waals surface area contributed by atoms with Crippen LogP contribution in [0, 0.1) is 0 Å². The smallest absolute Gasteiger partial charge is 0.0948 e. The largest absolute Gasteiger partial charge is 0.387 e. The van der Waals surface area contributed by atoms with Crippen molar-refractivity contribution in [3.63, 3.8) is 0 Å². The first-order chi connectivity index (χ1) is 9.16. The Labute approximate surface area is 115 Å². The summed E-state index contributed by atoms with van der Waals surface area (Å²) in [6.45, 7) is 6.66. The van der Waals surface area contributed by atoms with E-state index in [1.165, 1.54) is 5.56 Å². The Kier molecular flexibility index (Phi) is 3.61. The van der Waals surface area contributed by atoms with Gasteiger partial charge in [-0.15, -0.1) is 0 Å². The van der Waals surface area contributed by atoms with Gasteiger partial charge in [0.15, 0.2) is 0 Å². The number of piperazine rings is 1. The molecule has 1 N–H and O–H groups in total. The third-order valence-electron chi connectivity index (χ3n) is 4.81. The van der Waals surface area contributed by atoms with Gasteiger partial charge in [0.05, 0.1) is 6.10 Å². The van der Waals surface area contributed by atoms with Crippen LogP contribution in [0.2, 0.25) is 0 Å². The van der Waals surface area contributed by atoms with Crippen molar-refractivity contribution in [1.29, 1.82) is 0 Å². The van der Waals surface area contributed by atoms with Gasteiger partial charge in [0.1, 0.15) is 0 Å². The van der Waals surface area contributed by atoms with Crippen molar-refractivity contribution in [1.82, 2.24) is 9.80 Å². The van der Waals surface area contributed by atoms with Crippen molar-refractivity contribution in [2.75, 3.05) is 33.2 Å². The van der Waals surface area contributed by atoms with E-state index in [9.17, 15) is 5.11 Å². The topological polar surface area (TPSA) is 26.7 Å². The summed E-state index contributed by atoms with van der Waals surface area (Å²) in [6, 6.07) is 8.68. The number of likely N-dealkylation sites (N-methyl/N-ethyl adjacent to an activating group) is 1. The number of fused-ring (bicyclic) bond motifs is 1. The predicted octanol–water partition coefficient (Wildman–Crippen LogP) is 1.84. The fraction of sp³-hybridized carbons (Fsp3) is 0.625. The monoisotopic (exact) mass is 260 g/mol. The summed E-state index contributed by atoms with van der Waals surface area (Å²) in [5.74, 6) is 0.546. The predicted molar refractivity (Wildman–Crippen MR) is 77.3 cm³/mol. The SMILES string of the molecule is CC1CC(N2CCN(C)CC2)C(O)c2ccccc21. The molecule has 1 fully saturated rings.